The van der Waals surface area contributed by atoms with Gasteiger partial charge in [0, 0.05) is 0 Å². The molecule has 4 heteroatoms. The van der Waals surface area contributed by atoms with Crippen molar-refractivity contribution in [3.63, 3.8) is 0 Å². The molecule has 0 N–H and O–H groups in total. The summed E-state index contributed by atoms with van der Waals surface area (Å²) in [4.78, 5) is 0. The fourth-order valence-corrected chi connectivity index (χ4v) is 3.32. The Labute approximate surface area is 130 Å². The zero-order valence-electron chi connectivity index (χ0n) is 12.0. The van der Waals surface area contributed by atoms with Gasteiger partial charge in [-0.15, -0.1) is 0 Å². The molecule has 0 amide bonds. The van der Waals surface area contributed by atoms with E-state index >= 15 is 0 Å². The van der Waals surface area contributed by atoms with Crippen LogP contribution in [0.4, 0.5) is 0 Å². The zero-order valence-corrected chi connectivity index (χ0v) is 13.7. The van der Waals surface area contributed by atoms with Crippen LogP contribution in [-0.2, 0) is 0 Å². The average molecular weight is 343 g/mol. The normalized spacial score (nSPS) is 10.6. The first-order chi connectivity index (χ1) is 10.3. The van der Waals surface area contributed by atoms with E-state index in [4.69, 9.17) is 9.84 Å². The van der Waals surface area contributed by atoms with Gasteiger partial charge in [0.25, 0.3) is 0 Å². The van der Waals surface area contributed by atoms with Gasteiger partial charge in [0.15, 0.2) is 0 Å². The molecule has 1 heterocycles. The van der Waals surface area contributed by atoms with Gasteiger partial charge in [0.05, 0.1) is 0 Å². The summed E-state index contributed by atoms with van der Waals surface area (Å²) in [6.07, 6.45) is 0. The second kappa shape index (κ2) is 6.17. The van der Waals surface area contributed by atoms with E-state index in [2.05, 4.69) is 24.0 Å². The van der Waals surface area contributed by atoms with Gasteiger partial charge >= 0.3 is 130 Å². The number of benzene rings is 2. The van der Waals surface area contributed by atoms with E-state index in [1.807, 2.05) is 47.1 Å². The first-order valence-corrected chi connectivity index (χ1v) is 9.22. The van der Waals surface area contributed by atoms with Gasteiger partial charge in [0.1, 0.15) is 0 Å². The predicted octanol–water partition coefficient (Wildman–Crippen LogP) is 2.93. The van der Waals surface area contributed by atoms with E-state index in [1.165, 1.54) is 4.59 Å². The van der Waals surface area contributed by atoms with Crippen molar-refractivity contribution in [2.75, 3.05) is 7.11 Å². The second-order valence-corrected chi connectivity index (χ2v) is 6.28. The third kappa shape index (κ3) is 2.87. The SMILES string of the molecule is COc1ccc(-n2nc(-c3ccccc3)cc2[Se]C)cc1. The summed E-state index contributed by atoms with van der Waals surface area (Å²) in [7, 11) is 1.68. The monoisotopic (exact) mass is 344 g/mol. The van der Waals surface area contributed by atoms with E-state index < -0.39 is 0 Å². The molecular weight excluding hydrogens is 327 g/mol. The van der Waals surface area contributed by atoms with Crippen LogP contribution in [0.5, 0.6) is 5.75 Å². The number of rotatable bonds is 4. The third-order valence-electron chi connectivity index (χ3n) is 3.27. The minimum atomic E-state index is 0.375. The molecule has 0 aliphatic heterocycles. The van der Waals surface area contributed by atoms with Crippen LogP contribution < -0.4 is 9.33 Å². The fraction of sp³-hybridized carbons (Fsp3) is 0.118. The number of hydrogen-bond donors (Lipinski definition) is 0. The Morgan fingerprint density at radius 1 is 1.00 bits per heavy atom. The molecular formula is C17H16N2OSe. The van der Waals surface area contributed by atoms with Crippen LogP contribution in [0, 0.1) is 0 Å². The summed E-state index contributed by atoms with van der Waals surface area (Å²) in [5.74, 6) is 3.07. The average Bonchev–Trinajstić information content (AvgIpc) is 3.00. The molecule has 0 unspecified atom stereocenters. The first kappa shape index (κ1) is 13.9. The summed E-state index contributed by atoms with van der Waals surface area (Å²) in [5, 5.41) is 4.77. The third-order valence-corrected chi connectivity index (χ3v) is 4.76. The van der Waals surface area contributed by atoms with Crippen molar-refractivity contribution in [2.45, 2.75) is 5.82 Å². The van der Waals surface area contributed by atoms with E-state index in [-0.39, 0.29) is 0 Å². The zero-order chi connectivity index (χ0) is 14.7. The maximum absolute atomic E-state index is 5.21. The van der Waals surface area contributed by atoms with Crippen molar-refractivity contribution in [2.24, 2.45) is 0 Å². The van der Waals surface area contributed by atoms with Crippen LogP contribution in [0.3, 0.4) is 0 Å². The molecule has 0 atom stereocenters. The Balaban J connectivity index is 2.03. The molecule has 0 saturated heterocycles. The number of ether oxygens (including phenoxy) is 1. The topological polar surface area (TPSA) is 27.1 Å². The summed E-state index contributed by atoms with van der Waals surface area (Å²) < 4.78 is 8.50. The molecule has 3 aromatic rings. The molecule has 0 aliphatic rings. The van der Waals surface area contributed by atoms with Crippen molar-refractivity contribution < 1.29 is 4.74 Å². The quantitative estimate of drug-likeness (QED) is 0.681. The van der Waals surface area contributed by atoms with Gasteiger partial charge in [0.2, 0.25) is 0 Å². The van der Waals surface area contributed by atoms with Crippen LogP contribution in [-0.4, -0.2) is 31.8 Å². The number of methoxy groups -OCH3 is 1. The Morgan fingerprint density at radius 3 is 2.33 bits per heavy atom. The van der Waals surface area contributed by atoms with Crippen molar-refractivity contribution in [1.82, 2.24) is 9.78 Å². The van der Waals surface area contributed by atoms with Gasteiger partial charge < -0.3 is 0 Å². The molecule has 0 aliphatic carbocycles. The molecule has 1 aromatic heterocycles. The van der Waals surface area contributed by atoms with E-state index in [0.717, 1.165) is 22.7 Å². The molecule has 0 bridgehead atoms. The van der Waals surface area contributed by atoms with Crippen LogP contribution in [0.15, 0.2) is 60.7 Å². The molecule has 21 heavy (non-hydrogen) atoms. The van der Waals surface area contributed by atoms with Crippen molar-refractivity contribution in [3.05, 3.63) is 60.7 Å². The van der Waals surface area contributed by atoms with Gasteiger partial charge in [-0.05, 0) is 0 Å². The summed E-state index contributed by atoms with van der Waals surface area (Å²) in [5.41, 5.74) is 3.23. The minimum absolute atomic E-state index is 0.375. The molecule has 106 valence electrons. The van der Waals surface area contributed by atoms with Crippen LogP contribution >= 0.6 is 0 Å². The van der Waals surface area contributed by atoms with Gasteiger partial charge in [-0.3, -0.25) is 0 Å². The van der Waals surface area contributed by atoms with Gasteiger partial charge in [-0.2, -0.15) is 0 Å². The molecule has 0 fully saturated rings. The van der Waals surface area contributed by atoms with Crippen molar-refractivity contribution >= 4 is 19.5 Å². The Bertz CT molecular complexity index is 720. The van der Waals surface area contributed by atoms with Crippen LogP contribution in [0.25, 0.3) is 16.9 Å². The van der Waals surface area contributed by atoms with E-state index in [0.29, 0.717) is 15.0 Å². The summed E-state index contributed by atoms with van der Waals surface area (Å²) >= 11 is 0.375. The molecule has 3 nitrogen and oxygen atoms in total. The van der Waals surface area contributed by atoms with Crippen molar-refractivity contribution in [3.8, 4) is 22.7 Å². The standard InChI is InChI=1S/C17H16N2OSe/c1-20-15-10-8-14(9-11-15)19-17(21-2)12-16(18-19)13-6-4-3-5-7-13/h3-12H,1-2H3. The number of hydrogen-bond acceptors (Lipinski definition) is 2. The Morgan fingerprint density at radius 2 is 1.71 bits per heavy atom. The molecule has 0 saturated carbocycles. The van der Waals surface area contributed by atoms with Crippen molar-refractivity contribution in [1.29, 1.82) is 0 Å². The number of nitrogens with zero attached hydrogens (tertiary/aromatic N) is 2. The molecule has 3 rings (SSSR count). The Kier molecular flexibility index (Phi) is 4.09. The first-order valence-electron chi connectivity index (χ1n) is 6.65. The van der Waals surface area contributed by atoms with E-state index in [9.17, 15) is 0 Å². The predicted molar refractivity (Wildman–Crippen MR) is 86.8 cm³/mol. The second-order valence-electron chi connectivity index (χ2n) is 4.55. The molecule has 0 radical (unpaired) electrons. The maximum atomic E-state index is 5.21. The van der Waals surface area contributed by atoms with Crippen LogP contribution in [0.1, 0.15) is 0 Å². The number of aromatic nitrogens is 2. The van der Waals surface area contributed by atoms with Gasteiger partial charge in [-0.1, -0.05) is 0 Å². The van der Waals surface area contributed by atoms with E-state index in [1.54, 1.807) is 7.11 Å². The fourth-order valence-electron chi connectivity index (χ4n) is 2.17. The molecule has 2 aromatic carbocycles. The molecule has 0 spiro atoms. The van der Waals surface area contributed by atoms with Crippen LogP contribution in [0.2, 0.25) is 5.82 Å². The Hall–Kier alpha value is -2.03. The summed E-state index contributed by atoms with van der Waals surface area (Å²) in [6.45, 7) is 0. The van der Waals surface area contributed by atoms with Gasteiger partial charge in [-0.25, -0.2) is 0 Å². The summed E-state index contributed by atoms with van der Waals surface area (Å²) in [6, 6.07) is 20.5.